The number of carbonyl (C=O) groups excluding carboxylic acids is 1. The van der Waals surface area contributed by atoms with Crippen molar-refractivity contribution in [3.8, 4) is 0 Å². The number of hydrogen-bond donors (Lipinski definition) is 0. The average Bonchev–Trinajstić information content (AvgIpc) is 2.45. The Hall–Kier alpha value is -1.49. The highest BCUT2D eigenvalue weighted by Gasteiger charge is 2.47. The van der Waals surface area contributed by atoms with Gasteiger partial charge >= 0.3 is 0 Å². The Morgan fingerprint density at radius 1 is 1.33 bits per heavy atom. The number of amides is 1. The van der Waals surface area contributed by atoms with Crippen molar-refractivity contribution in [2.75, 3.05) is 13.1 Å². The summed E-state index contributed by atoms with van der Waals surface area (Å²) in [7, 11) is 0. The van der Waals surface area contributed by atoms with Gasteiger partial charge < -0.3 is 9.64 Å². The van der Waals surface area contributed by atoms with E-state index in [2.05, 4.69) is 31.0 Å². The van der Waals surface area contributed by atoms with E-state index in [1.54, 1.807) is 12.3 Å². The maximum Gasteiger partial charge on any atom is 0.255 e. The van der Waals surface area contributed by atoms with Gasteiger partial charge in [0.05, 0.1) is 29.2 Å². The van der Waals surface area contributed by atoms with Crippen molar-refractivity contribution in [1.82, 2.24) is 15.1 Å². The Kier molecular flexibility index (Phi) is 3.48. The highest BCUT2D eigenvalue weighted by Crippen LogP contribution is 2.44. The fourth-order valence-corrected chi connectivity index (χ4v) is 3.63. The first-order valence-electron chi connectivity index (χ1n) is 7.66. The van der Waals surface area contributed by atoms with Gasteiger partial charge in [-0.05, 0) is 46.1 Å². The largest absolute Gasteiger partial charge is 0.369 e. The van der Waals surface area contributed by atoms with Crippen LogP contribution in [0.5, 0.6) is 0 Å². The number of hydrogen-bond acceptors (Lipinski definition) is 4. The molecule has 2 fully saturated rings. The van der Waals surface area contributed by atoms with Crippen LogP contribution in [-0.4, -0.2) is 45.3 Å². The quantitative estimate of drug-likeness (QED) is 0.796. The molecule has 2 saturated heterocycles. The number of nitrogens with zero attached hydrogens (tertiary/aromatic N) is 3. The summed E-state index contributed by atoms with van der Waals surface area (Å²) in [6.45, 7) is 8.04. The number of piperidine rings is 1. The van der Waals surface area contributed by atoms with Crippen molar-refractivity contribution >= 4 is 5.91 Å². The Labute approximate surface area is 125 Å². The van der Waals surface area contributed by atoms with E-state index in [1.165, 1.54) is 6.20 Å². The van der Waals surface area contributed by atoms with Crippen molar-refractivity contribution in [3.05, 3.63) is 24.0 Å². The van der Waals surface area contributed by atoms with Crippen LogP contribution in [0.1, 0.15) is 50.4 Å². The molecule has 0 bridgehead atoms. The van der Waals surface area contributed by atoms with Crippen LogP contribution in [0.3, 0.4) is 0 Å². The smallest absolute Gasteiger partial charge is 0.255 e. The lowest BCUT2D eigenvalue weighted by Gasteiger charge is -2.53. The SMILES string of the molecule is CC1(C)CC[C@H]2CN(C(=O)c3ccnnc3)CC[C@@]2(C)O1. The second-order valence-corrected chi connectivity index (χ2v) is 7.04. The lowest BCUT2D eigenvalue weighted by atomic mass is 9.74. The molecule has 114 valence electrons. The number of likely N-dealkylation sites (tertiary alicyclic amines) is 1. The fraction of sp³-hybridized carbons (Fsp3) is 0.688. The van der Waals surface area contributed by atoms with Gasteiger partial charge in [0.2, 0.25) is 0 Å². The molecule has 21 heavy (non-hydrogen) atoms. The zero-order valence-electron chi connectivity index (χ0n) is 13.0. The molecule has 5 nitrogen and oxygen atoms in total. The minimum absolute atomic E-state index is 0.0492. The third kappa shape index (κ3) is 2.79. The Bertz CT molecular complexity index is 532. The van der Waals surface area contributed by atoms with E-state index in [0.717, 1.165) is 32.4 Å². The van der Waals surface area contributed by atoms with Crippen molar-refractivity contribution in [3.63, 3.8) is 0 Å². The predicted octanol–water partition coefficient (Wildman–Crippen LogP) is 2.29. The summed E-state index contributed by atoms with van der Waals surface area (Å²) in [5, 5.41) is 7.52. The molecular formula is C16H23N3O2. The molecule has 3 rings (SSSR count). The molecule has 2 aliphatic heterocycles. The number of carbonyl (C=O) groups is 1. The van der Waals surface area contributed by atoms with Gasteiger partial charge in [-0.3, -0.25) is 4.79 Å². The Morgan fingerprint density at radius 3 is 2.86 bits per heavy atom. The molecule has 2 atom stereocenters. The van der Waals surface area contributed by atoms with Crippen molar-refractivity contribution < 1.29 is 9.53 Å². The summed E-state index contributed by atoms with van der Waals surface area (Å²) in [5.74, 6) is 0.467. The molecule has 1 aromatic heterocycles. The molecule has 0 aliphatic carbocycles. The van der Waals surface area contributed by atoms with Crippen molar-refractivity contribution in [2.45, 2.75) is 51.2 Å². The van der Waals surface area contributed by atoms with Gasteiger partial charge in [-0.2, -0.15) is 10.2 Å². The Morgan fingerprint density at radius 2 is 2.14 bits per heavy atom. The summed E-state index contributed by atoms with van der Waals surface area (Å²) < 4.78 is 6.34. The van der Waals surface area contributed by atoms with Crippen LogP contribution in [0, 0.1) is 5.92 Å². The standard InChI is InChI=1S/C16H23N3O2/c1-15(2)6-4-13-11-19(9-7-16(13,3)21-15)14(20)12-5-8-17-18-10-12/h5,8,10,13H,4,6-7,9,11H2,1-3H3/t13-,16+/m0/s1. The zero-order valence-corrected chi connectivity index (χ0v) is 13.0. The second kappa shape index (κ2) is 5.05. The molecule has 3 heterocycles. The van der Waals surface area contributed by atoms with Crippen LogP contribution in [0.25, 0.3) is 0 Å². The monoisotopic (exact) mass is 289 g/mol. The minimum atomic E-state index is -0.102. The molecule has 0 unspecified atom stereocenters. The summed E-state index contributed by atoms with van der Waals surface area (Å²) in [5.41, 5.74) is 0.465. The molecule has 2 aliphatic rings. The molecule has 0 spiro atoms. The average molecular weight is 289 g/mol. The van der Waals surface area contributed by atoms with E-state index in [4.69, 9.17) is 4.74 Å². The van der Waals surface area contributed by atoms with Gasteiger partial charge in [0.15, 0.2) is 0 Å². The van der Waals surface area contributed by atoms with Gasteiger partial charge in [-0.1, -0.05) is 0 Å². The first-order chi connectivity index (χ1) is 9.90. The van der Waals surface area contributed by atoms with Gasteiger partial charge in [0, 0.05) is 19.0 Å². The van der Waals surface area contributed by atoms with Crippen LogP contribution >= 0.6 is 0 Å². The van der Waals surface area contributed by atoms with Crippen LogP contribution in [0.4, 0.5) is 0 Å². The normalized spacial score (nSPS) is 31.6. The maximum absolute atomic E-state index is 12.5. The molecule has 0 aromatic carbocycles. The molecule has 0 radical (unpaired) electrons. The Balaban J connectivity index is 1.72. The van der Waals surface area contributed by atoms with E-state index < -0.39 is 0 Å². The third-order valence-corrected chi connectivity index (χ3v) is 4.91. The molecule has 1 aromatic rings. The van der Waals surface area contributed by atoms with Gasteiger partial charge in [0.25, 0.3) is 5.91 Å². The minimum Gasteiger partial charge on any atom is -0.369 e. The van der Waals surface area contributed by atoms with Crippen LogP contribution in [0.2, 0.25) is 0 Å². The summed E-state index contributed by atoms with van der Waals surface area (Å²) in [6, 6.07) is 1.73. The van der Waals surface area contributed by atoms with E-state index in [0.29, 0.717) is 11.5 Å². The third-order valence-electron chi connectivity index (χ3n) is 4.91. The molecule has 5 heteroatoms. The van der Waals surface area contributed by atoms with Crippen molar-refractivity contribution in [1.29, 1.82) is 0 Å². The van der Waals surface area contributed by atoms with E-state index in [1.807, 2.05) is 4.90 Å². The summed E-state index contributed by atoms with van der Waals surface area (Å²) in [4.78, 5) is 14.5. The van der Waals surface area contributed by atoms with Crippen LogP contribution in [-0.2, 0) is 4.74 Å². The lowest BCUT2D eigenvalue weighted by molar-refractivity contribution is -0.210. The fourth-order valence-electron chi connectivity index (χ4n) is 3.63. The topological polar surface area (TPSA) is 55.3 Å². The molecular weight excluding hydrogens is 266 g/mol. The maximum atomic E-state index is 12.5. The van der Waals surface area contributed by atoms with E-state index >= 15 is 0 Å². The highest BCUT2D eigenvalue weighted by molar-refractivity contribution is 5.93. The number of aromatic nitrogens is 2. The molecule has 0 N–H and O–H groups in total. The summed E-state index contributed by atoms with van der Waals surface area (Å²) in [6.07, 6.45) is 6.16. The lowest BCUT2D eigenvalue weighted by Crippen LogP contribution is -2.58. The number of ether oxygens (including phenoxy) is 1. The predicted molar refractivity (Wildman–Crippen MR) is 78.8 cm³/mol. The van der Waals surface area contributed by atoms with Crippen LogP contribution in [0.15, 0.2) is 18.5 Å². The second-order valence-electron chi connectivity index (χ2n) is 7.04. The van der Waals surface area contributed by atoms with Gasteiger partial charge in [0.1, 0.15) is 0 Å². The van der Waals surface area contributed by atoms with E-state index in [9.17, 15) is 4.79 Å². The molecule has 1 amide bonds. The van der Waals surface area contributed by atoms with Crippen LogP contribution < -0.4 is 0 Å². The first-order valence-corrected chi connectivity index (χ1v) is 7.66. The zero-order chi connectivity index (χ0) is 15.1. The highest BCUT2D eigenvalue weighted by atomic mass is 16.5. The van der Waals surface area contributed by atoms with E-state index in [-0.39, 0.29) is 17.1 Å². The number of fused-ring (bicyclic) bond motifs is 1. The molecule has 0 saturated carbocycles. The summed E-state index contributed by atoms with van der Waals surface area (Å²) >= 11 is 0. The van der Waals surface area contributed by atoms with Gasteiger partial charge in [-0.15, -0.1) is 0 Å². The first kappa shape index (κ1) is 14.4. The number of rotatable bonds is 1. The van der Waals surface area contributed by atoms with Gasteiger partial charge in [-0.25, -0.2) is 0 Å². The van der Waals surface area contributed by atoms with Crippen molar-refractivity contribution in [2.24, 2.45) is 5.92 Å².